The minimum atomic E-state index is -0.696. The topological polar surface area (TPSA) is 75.2 Å². The Balaban J connectivity index is 1.50. The zero-order valence-corrected chi connectivity index (χ0v) is 27.8. The Morgan fingerprint density at radius 1 is 0.976 bits per heavy atom. The molecule has 228 valence electrons. The number of hydrogen-bond donors (Lipinski definition) is 0. The van der Waals surface area contributed by atoms with Crippen LogP contribution >= 0.6 is 15.9 Å². The van der Waals surface area contributed by atoms with Crippen LogP contribution in [-0.4, -0.2) is 31.3 Å². The number of carbonyl (C=O) groups is 1. The number of carbonyl (C=O) groups excluding carboxylic acids is 1. The molecule has 2 bridgehead atoms. The number of aromatic nitrogens is 3. The minimum Gasteiger partial charge on any atom is -0.462 e. The third kappa shape index (κ3) is 3.46. The molecule has 1 aromatic heterocycles. The fourth-order valence-corrected chi connectivity index (χ4v) is 11.6. The Labute approximate surface area is 253 Å². The van der Waals surface area contributed by atoms with Gasteiger partial charge in [0.1, 0.15) is 11.4 Å². The van der Waals surface area contributed by atoms with Crippen LogP contribution < -0.4 is 11.4 Å². The lowest BCUT2D eigenvalue weighted by Crippen LogP contribution is -2.78. The summed E-state index contributed by atoms with van der Waals surface area (Å²) in [7, 11) is 1.63. The maximum absolute atomic E-state index is 14.2. The van der Waals surface area contributed by atoms with E-state index in [9.17, 15) is 14.4 Å². The van der Waals surface area contributed by atoms with Crippen molar-refractivity contribution < 1.29 is 9.53 Å². The van der Waals surface area contributed by atoms with Crippen LogP contribution in [0.25, 0.3) is 0 Å². The number of halogens is 1. The lowest BCUT2D eigenvalue weighted by atomic mass is 9.36. The van der Waals surface area contributed by atoms with Crippen molar-refractivity contribution in [2.75, 3.05) is 5.33 Å². The molecule has 1 aromatic rings. The molecule has 2 spiro atoms. The highest BCUT2D eigenvalue weighted by Crippen LogP contribution is 2.78. The van der Waals surface area contributed by atoms with Crippen LogP contribution in [0.5, 0.6) is 0 Å². The van der Waals surface area contributed by atoms with E-state index in [1.54, 1.807) is 7.05 Å². The molecule has 3 heterocycles. The lowest BCUT2D eigenvalue weighted by Gasteiger charge is -2.74. The second kappa shape index (κ2) is 9.46. The van der Waals surface area contributed by atoms with Crippen LogP contribution in [0.1, 0.15) is 106 Å². The van der Waals surface area contributed by atoms with Crippen LogP contribution in [0.15, 0.2) is 21.7 Å². The highest BCUT2D eigenvalue weighted by atomic mass is 79.9. The summed E-state index contributed by atoms with van der Waals surface area (Å²) in [5, 5.41) is 0.152. The molecule has 0 aromatic carbocycles. The van der Waals surface area contributed by atoms with E-state index in [0.717, 1.165) is 38.0 Å². The third-order valence-corrected chi connectivity index (χ3v) is 14.2. The fourth-order valence-electron chi connectivity index (χ4n) is 11.4. The number of alkyl halides is 1. The highest BCUT2D eigenvalue weighted by molar-refractivity contribution is 9.09. The van der Waals surface area contributed by atoms with E-state index in [0.29, 0.717) is 18.3 Å². The second-order valence-corrected chi connectivity index (χ2v) is 16.1. The Hall–Kier alpha value is -1.57. The molecule has 2 aliphatic heterocycles. The average Bonchev–Trinajstić information content (AvgIpc) is 3.34. The van der Waals surface area contributed by atoms with Gasteiger partial charge in [0.25, 0.3) is 0 Å². The first-order chi connectivity index (χ1) is 19.2. The Bertz CT molecular complexity index is 1390. The van der Waals surface area contributed by atoms with Gasteiger partial charge in [0.05, 0.1) is 11.1 Å². The van der Waals surface area contributed by atoms with Crippen molar-refractivity contribution in [3.05, 3.63) is 33.1 Å². The molecular weight excluding hydrogens is 582 g/mol. The van der Waals surface area contributed by atoms with Gasteiger partial charge in [-0.3, -0.25) is 4.79 Å². The predicted molar refractivity (Wildman–Crippen MR) is 164 cm³/mol. The largest absolute Gasteiger partial charge is 0.462 e. The molecular formula is C33H50BrN3O4. The molecule has 6 aliphatic rings. The average molecular weight is 633 g/mol. The molecule has 9 atom stereocenters. The second-order valence-electron chi connectivity index (χ2n) is 15.5. The SMILES string of the molecule is CC(C)CCC[C@@H](C)C1CC[C@@]2(C)C34C=CC5(C[C@@H](OC(=O)CBr)CC[C@]5(C)[C@H]3CC[C@]12C)n1c(=O)n(C)c(=O)n14. The number of rotatable bonds is 7. The van der Waals surface area contributed by atoms with E-state index in [4.69, 9.17) is 4.74 Å². The van der Waals surface area contributed by atoms with Crippen LogP contribution in [0.3, 0.4) is 0 Å². The Kier molecular flexibility index (Phi) is 6.81. The Morgan fingerprint density at radius 2 is 1.66 bits per heavy atom. The van der Waals surface area contributed by atoms with E-state index in [-0.39, 0.29) is 50.9 Å². The van der Waals surface area contributed by atoms with E-state index < -0.39 is 11.1 Å². The minimum absolute atomic E-state index is 0.0670. The smallest absolute Gasteiger partial charge is 0.347 e. The van der Waals surface area contributed by atoms with Gasteiger partial charge in [-0.25, -0.2) is 23.5 Å². The van der Waals surface area contributed by atoms with Crippen molar-refractivity contribution in [1.29, 1.82) is 0 Å². The molecule has 4 aliphatic carbocycles. The van der Waals surface area contributed by atoms with Crippen molar-refractivity contribution in [3.8, 4) is 0 Å². The van der Waals surface area contributed by atoms with Gasteiger partial charge in [-0.15, -0.1) is 0 Å². The molecule has 0 radical (unpaired) electrons. The maximum Gasteiger partial charge on any atom is 0.347 e. The van der Waals surface area contributed by atoms with Crippen LogP contribution in [-0.2, 0) is 27.7 Å². The molecule has 0 N–H and O–H groups in total. The van der Waals surface area contributed by atoms with E-state index in [1.165, 1.54) is 30.3 Å². The summed E-state index contributed by atoms with van der Waals surface area (Å²) in [5.74, 6) is 1.92. The summed E-state index contributed by atoms with van der Waals surface area (Å²) in [6, 6.07) is 0. The van der Waals surface area contributed by atoms with Gasteiger partial charge >= 0.3 is 17.3 Å². The third-order valence-electron chi connectivity index (χ3n) is 13.7. The first-order valence-electron chi connectivity index (χ1n) is 16.1. The summed E-state index contributed by atoms with van der Waals surface area (Å²) >= 11 is 3.23. The molecule has 0 saturated heterocycles. The zero-order valence-electron chi connectivity index (χ0n) is 26.2. The van der Waals surface area contributed by atoms with Gasteiger partial charge in [0.15, 0.2) is 0 Å². The molecule has 7 nitrogen and oxygen atoms in total. The van der Waals surface area contributed by atoms with Crippen LogP contribution in [0, 0.1) is 39.9 Å². The van der Waals surface area contributed by atoms with Crippen molar-refractivity contribution in [1.82, 2.24) is 13.9 Å². The van der Waals surface area contributed by atoms with Crippen molar-refractivity contribution in [3.63, 3.8) is 0 Å². The van der Waals surface area contributed by atoms with Crippen molar-refractivity contribution in [2.45, 2.75) is 123 Å². The standard InChI is InChI=1S/C33H50BrN3O4/c1-21(2)9-8-10-22(3)24-12-16-31(6)29(24,4)15-13-25-30(5)14-11-23(41-26(38)20-34)19-32(30)17-18-33(25,31)37-28(40)35(7)27(39)36(32)37/h17-18,21-25H,8-16,19-20H2,1-7H3/t22-,23+,24?,25-,29-,30-,31-,32?,33?/m1/s1. The quantitative estimate of drug-likeness (QED) is 0.207. The van der Waals surface area contributed by atoms with Gasteiger partial charge in [-0.2, -0.15) is 0 Å². The molecule has 41 heavy (non-hydrogen) atoms. The van der Waals surface area contributed by atoms with Gasteiger partial charge in [-0.05, 0) is 67.6 Å². The molecule has 3 saturated carbocycles. The highest BCUT2D eigenvalue weighted by Gasteiger charge is 2.78. The predicted octanol–water partition coefficient (Wildman–Crippen LogP) is 6.11. The summed E-state index contributed by atoms with van der Waals surface area (Å²) in [4.78, 5) is 40.5. The maximum atomic E-state index is 14.2. The van der Waals surface area contributed by atoms with Gasteiger partial charge in [-0.1, -0.05) is 88.9 Å². The summed E-state index contributed by atoms with van der Waals surface area (Å²) < 4.78 is 11.0. The van der Waals surface area contributed by atoms with Gasteiger partial charge in [0, 0.05) is 24.3 Å². The Morgan fingerprint density at radius 3 is 2.34 bits per heavy atom. The van der Waals surface area contributed by atoms with Gasteiger partial charge in [0.2, 0.25) is 0 Å². The number of esters is 1. The molecule has 7 rings (SSSR count). The van der Waals surface area contributed by atoms with Crippen molar-refractivity contribution >= 4 is 21.9 Å². The fraction of sp³-hybridized carbons (Fsp3) is 0.848. The molecule has 8 heteroatoms. The normalized spacial score (nSPS) is 42.9. The number of hydrogen-bond acceptors (Lipinski definition) is 4. The first kappa shape index (κ1) is 29.5. The monoisotopic (exact) mass is 631 g/mol. The number of ether oxygens (including phenoxy) is 1. The number of nitrogens with zero attached hydrogens (tertiary/aromatic N) is 3. The van der Waals surface area contributed by atoms with Crippen molar-refractivity contribution in [2.24, 2.45) is 47.0 Å². The number of fused-ring (bicyclic) bond motifs is 1. The zero-order chi connectivity index (χ0) is 29.8. The molecule has 0 amide bonds. The number of allylic oxidation sites excluding steroid dienone is 2. The first-order valence-corrected chi connectivity index (χ1v) is 17.2. The summed E-state index contributed by atoms with van der Waals surface area (Å²) in [5.41, 5.74) is -2.02. The van der Waals surface area contributed by atoms with Crippen LogP contribution in [0.2, 0.25) is 0 Å². The lowest BCUT2D eigenvalue weighted by molar-refractivity contribution is -0.232. The van der Waals surface area contributed by atoms with E-state index >= 15 is 0 Å². The van der Waals surface area contributed by atoms with E-state index in [1.807, 2.05) is 9.36 Å². The van der Waals surface area contributed by atoms with Gasteiger partial charge < -0.3 is 4.74 Å². The van der Waals surface area contributed by atoms with E-state index in [2.05, 4.69) is 69.6 Å². The summed E-state index contributed by atoms with van der Waals surface area (Å²) in [6.45, 7) is 14.5. The molecule has 3 fully saturated rings. The molecule has 3 unspecified atom stereocenters. The van der Waals surface area contributed by atoms with Crippen LogP contribution in [0.4, 0.5) is 0 Å². The summed E-state index contributed by atoms with van der Waals surface area (Å²) in [6.07, 6.45) is 14.8.